The number of rotatable bonds is 40. The number of carbonyl (C=O) groups is 6. The zero-order chi connectivity index (χ0) is 56.5. The van der Waals surface area contributed by atoms with E-state index in [1.807, 2.05) is 18.9 Å². The zero-order valence-corrected chi connectivity index (χ0v) is 48.3. The van der Waals surface area contributed by atoms with Gasteiger partial charge in [-0.25, -0.2) is 9.78 Å². The van der Waals surface area contributed by atoms with Crippen LogP contribution in [0.3, 0.4) is 0 Å². The van der Waals surface area contributed by atoms with Gasteiger partial charge in [-0.1, -0.05) is 73.4 Å². The maximum Gasteiger partial charge on any atom is 0.407 e. The minimum atomic E-state index is -0.768. The van der Waals surface area contributed by atoms with E-state index in [4.69, 9.17) is 35.1 Å². The molecule has 0 spiro atoms. The van der Waals surface area contributed by atoms with Gasteiger partial charge in [0.1, 0.15) is 29.2 Å². The maximum absolute atomic E-state index is 14.9. The van der Waals surface area contributed by atoms with E-state index in [2.05, 4.69) is 61.4 Å². The predicted molar refractivity (Wildman–Crippen MR) is 299 cm³/mol. The van der Waals surface area contributed by atoms with Crippen molar-refractivity contribution in [2.45, 2.75) is 156 Å². The van der Waals surface area contributed by atoms with Crippen LogP contribution in [0, 0.1) is 36.0 Å². The Labute approximate surface area is 463 Å². The van der Waals surface area contributed by atoms with Crippen molar-refractivity contribution in [3.63, 3.8) is 0 Å². The number of phenols is 1. The second kappa shape index (κ2) is 37.8. The average Bonchev–Trinajstić information content (AvgIpc) is 3.92. The van der Waals surface area contributed by atoms with Crippen molar-refractivity contribution >= 4 is 46.7 Å². The number of piperidine rings is 1. The lowest BCUT2D eigenvalue weighted by Gasteiger charge is -2.40. The first-order valence-electron chi connectivity index (χ1n) is 28.1. The van der Waals surface area contributed by atoms with Crippen LogP contribution in [0.5, 0.6) is 5.75 Å². The van der Waals surface area contributed by atoms with Crippen molar-refractivity contribution in [2.75, 3.05) is 86.1 Å². The number of ether oxygens (including phenoxy) is 5. The number of Topliss-reactive ketones (excluding diaryl/α,β-unsaturated/α-hetero) is 2. The van der Waals surface area contributed by atoms with Crippen LogP contribution in [0.1, 0.15) is 153 Å². The molecule has 0 bridgehead atoms. The number of nitrogens with zero attached hydrogens (tertiary/aromatic N) is 3. The summed E-state index contributed by atoms with van der Waals surface area (Å²) in [6.07, 6.45) is 12.0. The third-order valence-electron chi connectivity index (χ3n) is 14.0. The molecule has 77 heavy (non-hydrogen) atoms. The number of terminal acetylenes is 1. The summed E-state index contributed by atoms with van der Waals surface area (Å²) in [7, 11) is 2.01. The highest BCUT2D eigenvalue weighted by atomic mass is 32.1. The number of unbranched alkanes of at least 4 members (excludes halogenated alkanes) is 1. The molecule has 2 aromatic rings. The summed E-state index contributed by atoms with van der Waals surface area (Å²) in [5.74, 6) is 1.07. The molecule has 0 saturated carbocycles. The lowest BCUT2D eigenvalue weighted by atomic mass is 9.82. The number of hydrogen-bond donors (Lipinski definition) is 4. The van der Waals surface area contributed by atoms with Gasteiger partial charge in [-0.05, 0) is 88.1 Å². The van der Waals surface area contributed by atoms with Gasteiger partial charge in [0, 0.05) is 74.7 Å². The fraction of sp³-hybridized carbons (Fsp3) is 0.707. The molecule has 7 atom stereocenters. The van der Waals surface area contributed by atoms with Crippen molar-refractivity contribution in [3.8, 4) is 18.1 Å². The number of aromatic hydroxyl groups is 1. The summed E-state index contributed by atoms with van der Waals surface area (Å²) < 4.78 is 28.1. The molecule has 0 radical (unpaired) electrons. The minimum absolute atomic E-state index is 0.00724. The number of likely N-dealkylation sites (tertiary alicyclic amines) is 1. The smallest absolute Gasteiger partial charge is 0.407 e. The number of carbonyl (C=O) groups excluding carboxylic acids is 6. The van der Waals surface area contributed by atoms with Crippen LogP contribution in [0.25, 0.3) is 0 Å². The normalized spacial score (nSPS) is 16.1. The monoisotopic (exact) mass is 1100 g/mol. The highest BCUT2D eigenvalue weighted by Gasteiger charge is 2.38. The Morgan fingerprint density at radius 2 is 1.58 bits per heavy atom. The number of nitrogens with one attached hydrogen (secondary N) is 3. The van der Waals surface area contributed by atoms with Crippen molar-refractivity contribution in [1.82, 2.24) is 30.7 Å². The largest absolute Gasteiger partial charge is 0.508 e. The van der Waals surface area contributed by atoms with Crippen LogP contribution in [-0.4, -0.2) is 159 Å². The lowest BCUT2D eigenvalue weighted by Crippen LogP contribution is -2.50. The average molecular weight is 1100 g/mol. The van der Waals surface area contributed by atoms with Gasteiger partial charge < -0.3 is 49.6 Å². The molecule has 4 N–H and O–H groups in total. The molecule has 1 aromatic heterocycles. The molecule has 1 aliphatic rings. The summed E-state index contributed by atoms with van der Waals surface area (Å²) in [6, 6.07) is 5.74. The van der Waals surface area contributed by atoms with E-state index in [-0.39, 0.29) is 98.0 Å². The summed E-state index contributed by atoms with van der Waals surface area (Å²) in [4.78, 5) is 89.3. The first-order chi connectivity index (χ1) is 37.0. The second-order valence-electron chi connectivity index (χ2n) is 20.5. The molecule has 4 amide bonds. The van der Waals surface area contributed by atoms with E-state index in [0.717, 1.165) is 50.6 Å². The van der Waals surface area contributed by atoms with Crippen LogP contribution in [-0.2, 0) is 49.3 Å². The topological polar surface area (TPSA) is 224 Å². The summed E-state index contributed by atoms with van der Waals surface area (Å²) in [5, 5.41) is 20.7. The molecule has 0 aliphatic carbocycles. The van der Waals surface area contributed by atoms with Gasteiger partial charge in [-0.2, -0.15) is 0 Å². The van der Waals surface area contributed by atoms with Crippen LogP contribution >= 0.6 is 11.3 Å². The Bertz CT molecular complexity index is 2100. The van der Waals surface area contributed by atoms with Crippen LogP contribution in [0.4, 0.5) is 4.79 Å². The molecule has 1 fully saturated rings. The van der Waals surface area contributed by atoms with E-state index < -0.39 is 36.0 Å². The number of amides is 4. The quantitative estimate of drug-likeness (QED) is 0.0371. The first-order valence-corrected chi connectivity index (χ1v) is 29.0. The SMILES string of the molecule is C#CCCCC(=O)NCCOCCOCCOCCOC(=O)NCC(=O)[C@@H](C)CC(Cc1ccc(O)cc1)NC(=O)c1csc([C@@H](C[C@H](C(C)C)N(CCC)C(=O)[C@@H](CC(=O)[C@H]2CCCCN2C)[C@@H](C)CC)OCCC)n1. The van der Waals surface area contributed by atoms with Crippen molar-refractivity contribution in [2.24, 2.45) is 23.7 Å². The molecule has 19 heteroatoms. The van der Waals surface area contributed by atoms with Crippen LogP contribution in [0.15, 0.2) is 29.6 Å². The molecule has 1 saturated heterocycles. The summed E-state index contributed by atoms with van der Waals surface area (Å²) >= 11 is 1.33. The molecule has 2 heterocycles. The van der Waals surface area contributed by atoms with E-state index in [1.165, 1.54) is 11.3 Å². The van der Waals surface area contributed by atoms with Crippen molar-refractivity contribution in [3.05, 3.63) is 45.9 Å². The number of phenolic OH excluding ortho intramolecular Hbond substituents is 1. The summed E-state index contributed by atoms with van der Waals surface area (Å²) in [5.41, 5.74) is 1.03. The predicted octanol–water partition coefficient (Wildman–Crippen LogP) is 7.71. The van der Waals surface area contributed by atoms with Crippen molar-refractivity contribution < 1.29 is 57.6 Å². The van der Waals surface area contributed by atoms with Gasteiger partial charge in [-0.15, -0.1) is 23.7 Å². The third kappa shape index (κ3) is 25.1. The standard InChI is InChI=1S/C58H92N6O12S/c1-10-14-15-19-54(68)59-24-28-72-29-30-73-31-32-74-33-34-76-58(71)60-39-52(67)43(8)35-45(36-44-20-22-46(65)23-21-44)61-55(69)48-40-77-56(62-48)53(75-27-12-3)38-50(41(5)6)64(25-11-2)57(70)47(42(7)13-4)37-51(66)49-18-16-17-26-63(49)9/h1,20-23,40-43,45,47,49-50,53,65H,11-19,24-39H2,2-9H3,(H,59,68)(H,60,71)(H,61,69)/t42-,43-,45?,47-,49+,50+,53+/m0/s1. The fourth-order valence-electron chi connectivity index (χ4n) is 9.31. The van der Waals surface area contributed by atoms with E-state index in [0.29, 0.717) is 83.2 Å². The Morgan fingerprint density at radius 1 is 0.896 bits per heavy atom. The van der Waals surface area contributed by atoms with Gasteiger partial charge >= 0.3 is 6.09 Å². The lowest BCUT2D eigenvalue weighted by molar-refractivity contribution is -0.145. The van der Waals surface area contributed by atoms with E-state index in [9.17, 15) is 33.9 Å². The highest BCUT2D eigenvalue weighted by molar-refractivity contribution is 7.09. The Morgan fingerprint density at radius 3 is 2.22 bits per heavy atom. The molecular formula is C58H92N6O12S. The van der Waals surface area contributed by atoms with Gasteiger partial charge in [0.15, 0.2) is 11.6 Å². The number of thiazole rings is 1. The van der Waals surface area contributed by atoms with Gasteiger partial charge in [0.05, 0.1) is 52.2 Å². The third-order valence-corrected chi connectivity index (χ3v) is 14.9. The summed E-state index contributed by atoms with van der Waals surface area (Å²) in [6.45, 7) is 18.0. The highest BCUT2D eigenvalue weighted by Crippen LogP contribution is 2.34. The number of benzene rings is 1. The molecule has 1 unspecified atom stereocenters. The van der Waals surface area contributed by atoms with Crippen molar-refractivity contribution in [1.29, 1.82) is 0 Å². The Hall–Kier alpha value is -4.97. The molecule has 1 aromatic carbocycles. The van der Waals surface area contributed by atoms with E-state index in [1.54, 1.807) is 36.6 Å². The second-order valence-corrected chi connectivity index (χ2v) is 21.4. The number of alkyl carbamates (subject to hydrolysis) is 1. The van der Waals surface area contributed by atoms with Crippen LogP contribution < -0.4 is 16.0 Å². The van der Waals surface area contributed by atoms with Gasteiger partial charge in [-0.3, -0.25) is 28.9 Å². The molecule has 3 rings (SSSR count). The number of hydrogen-bond acceptors (Lipinski definition) is 15. The Kier molecular flexibility index (Phi) is 32.5. The fourth-order valence-corrected chi connectivity index (χ4v) is 10.2. The Balaban J connectivity index is 1.59. The number of aromatic nitrogens is 1. The number of ketones is 2. The van der Waals surface area contributed by atoms with Crippen LogP contribution in [0.2, 0.25) is 0 Å². The first kappa shape index (κ1) is 66.3. The number of likely N-dealkylation sites (N-methyl/N-ethyl adjacent to an activating group) is 1. The maximum atomic E-state index is 14.9. The molecule has 1 aliphatic heterocycles. The van der Waals surface area contributed by atoms with Gasteiger partial charge in [0.2, 0.25) is 11.8 Å². The zero-order valence-electron chi connectivity index (χ0n) is 47.4. The van der Waals surface area contributed by atoms with E-state index >= 15 is 0 Å². The van der Waals surface area contributed by atoms with Gasteiger partial charge in [0.25, 0.3) is 5.91 Å². The molecule has 18 nitrogen and oxygen atoms in total. The molecule has 432 valence electrons. The minimum Gasteiger partial charge on any atom is -0.508 e. The molecular weight excluding hydrogens is 1000 g/mol.